The molecule has 2 heterocycles. The average molecular weight is 410 g/mol. The Labute approximate surface area is 137 Å². The van der Waals surface area contributed by atoms with Crippen LogP contribution in [0.25, 0.3) is 10.9 Å². The summed E-state index contributed by atoms with van der Waals surface area (Å²) in [6, 6.07) is 7.90. The van der Waals surface area contributed by atoms with Crippen LogP contribution in [0.5, 0.6) is 0 Å². The lowest BCUT2D eigenvalue weighted by atomic mass is 10.2. The van der Waals surface area contributed by atoms with Crippen molar-refractivity contribution in [2.75, 3.05) is 10.7 Å². The van der Waals surface area contributed by atoms with Crippen molar-refractivity contribution in [2.45, 2.75) is 0 Å². The fourth-order valence-corrected chi connectivity index (χ4v) is 2.53. The molecule has 0 fully saturated rings. The molecule has 21 heavy (non-hydrogen) atoms. The second-order valence-electron chi connectivity index (χ2n) is 4.19. The topological polar surface area (TPSA) is 88.8 Å². The van der Waals surface area contributed by atoms with Crippen LogP contribution in [0.3, 0.4) is 0 Å². The van der Waals surface area contributed by atoms with Gasteiger partial charge >= 0.3 is 0 Å². The van der Waals surface area contributed by atoms with E-state index < -0.39 is 0 Å². The van der Waals surface area contributed by atoms with E-state index in [0.717, 1.165) is 25.5 Å². The summed E-state index contributed by atoms with van der Waals surface area (Å²) >= 11 is 6.83. The van der Waals surface area contributed by atoms with Gasteiger partial charge in [0.15, 0.2) is 0 Å². The van der Waals surface area contributed by atoms with Gasteiger partial charge < -0.3 is 5.32 Å². The Hall–Kier alpha value is -1.77. The summed E-state index contributed by atoms with van der Waals surface area (Å²) in [6.07, 6.45) is 3.38. The third kappa shape index (κ3) is 2.97. The maximum Gasteiger partial charge on any atom is 0.239 e. The predicted molar refractivity (Wildman–Crippen MR) is 90.3 cm³/mol. The van der Waals surface area contributed by atoms with Crippen molar-refractivity contribution < 1.29 is 0 Å². The third-order valence-corrected chi connectivity index (χ3v) is 3.82. The molecule has 106 valence electrons. The van der Waals surface area contributed by atoms with Crippen molar-refractivity contribution in [1.29, 1.82) is 0 Å². The van der Waals surface area contributed by atoms with Crippen LogP contribution in [-0.2, 0) is 0 Å². The number of pyridine rings is 1. The number of anilines is 3. The number of aromatic nitrogens is 3. The average Bonchev–Trinajstić information content (AvgIpc) is 2.49. The number of rotatable bonds is 3. The van der Waals surface area contributed by atoms with Gasteiger partial charge in [-0.25, -0.2) is 10.8 Å². The molecule has 4 N–H and O–H groups in total. The molecule has 0 amide bonds. The second kappa shape index (κ2) is 5.92. The largest absolute Gasteiger partial charge is 0.337 e. The van der Waals surface area contributed by atoms with Gasteiger partial charge in [-0.15, -0.1) is 0 Å². The van der Waals surface area contributed by atoms with Crippen LogP contribution < -0.4 is 16.6 Å². The van der Waals surface area contributed by atoms with Gasteiger partial charge in [0.05, 0.1) is 15.7 Å². The maximum absolute atomic E-state index is 5.33. The molecule has 0 aliphatic carbocycles. The van der Waals surface area contributed by atoms with Gasteiger partial charge in [-0.3, -0.25) is 10.4 Å². The van der Waals surface area contributed by atoms with Crippen LogP contribution in [0, 0.1) is 0 Å². The van der Waals surface area contributed by atoms with Crippen molar-refractivity contribution in [3.63, 3.8) is 0 Å². The lowest BCUT2D eigenvalue weighted by Gasteiger charge is -2.10. The molecule has 0 aliphatic rings. The van der Waals surface area contributed by atoms with Gasteiger partial charge in [-0.1, -0.05) is 12.1 Å². The monoisotopic (exact) mass is 408 g/mol. The lowest BCUT2D eigenvalue weighted by Crippen LogP contribution is -2.11. The minimum atomic E-state index is 0.330. The number of nitrogens with one attached hydrogen (secondary N) is 2. The summed E-state index contributed by atoms with van der Waals surface area (Å²) in [6.45, 7) is 0. The summed E-state index contributed by atoms with van der Waals surface area (Å²) in [5, 5.41) is 4.26. The minimum absolute atomic E-state index is 0.330. The SMILES string of the molecule is NNc1ncc(Br)c(Nc2cccc3cc(Br)cnc23)n1. The van der Waals surface area contributed by atoms with E-state index in [0.29, 0.717) is 11.8 Å². The van der Waals surface area contributed by atoms with E-state index in [1.165, 1.54) is 0 Å². The zero-order chi connectivity index (χ0) is 14.8. The van der Waals surface area contributed by atoms with Gasteiger partial charge in [0.2, 0.25) is 5.95 Å². The normalized spacial score (nSPS) is 10.6. The molecule has 2 aromatic heterocycles. The highest BCUT2D eigenvalue weighted by Crippen LogP contribution is 2.29. The number of halogens is 2. The Balaban J connectivity index is 2.06. The molecule has 0 atom stereocenters. The van der Waals surface area contributed by atoms with E-state index in [1.54, 1.807) is 12.4 Å². The van der Waals surface area contributed by atoms with Crippen LogP contribution in [0.15, 0.2) is 45.6 Å². The van der Waals surface area contributed by atoms with Crippen molar-refractivity contribution in [2.24, 2.45) is 5.84 Å². The Morgan fingerprint density at radius 2 is 1.95 bits per heavy atom. The first kappa shape index (κ1) is 14.2. The van der Waals surface area contributed by atoms with Crippen LogP contribution in [0.1, 0.15) is 0 Å². The van der Waals surface area contributed by atoms with Gasteiger partial charge in [0.1, 0.15) is 5.82 Å². The number of hydrogen-bond donors (Lipinski definition) is 3. The van der Waals surface area contributed by atoms with Gasteiger partial charge in [0.25, 0.3) is 0 Å². The van der Waals surface area contributed by atoms with Crippen LogP contribution >= 0.6 is 31.9 Å². The summed E-state index contributed by atoms with van der Waals surface area (Å²) < 4.78 is 1.67. The fraction of sp³-hybridized carbons (Fsp3) is 0. The van der Waals surface area contributed by atoms with Crippen molar-refractivity contribution in [3.05, 3.63) is 45.6 Å². The van der Waals surface area contributed by atoms with Crippen LogP contribution in [-0.4, -0.2) is 15.0 Å². The molecule has 3 rings (SSSR count). The predicted octanol–water partition coefficient (Wildman–Crippen LogP) is 3.58. The molecule has 1 aromatic carbocycles. The molecule has 0 spiro atoms. The molecule has 0 unspecified atom stereocenters. The van der Waals surface area contributed by atoms with Crippen LogP contribution in [0.4, 0.5) is 17.5 Å². The van der Waals surface area contributed by atoms with E-state index >= 15 is 0 Å². The molecule has 6 nitrogen and oxygen atoms in total. The van der Waals surface area contributed by atoms with Gasteiger partial charge in [-0.2, -0.15) is 4.98 Å². The van der Waals surface area contributed by atoms with Crippen molar-refractivity contribution >= 4 is 60.2 Å². The quantitative estimate of drug-likeness (QED) is 0.452. The van der Waals surface area contributed by atoms with Crippen molar-refractivity contribution in [3.8, 4) is 0 Å². The first-order valence-electron chi connectivity index (χ1n) is 5.98. The molecule has 0 aliphatic heterocycles. The number of nitrogens with two attached hydrogens (primary N) is 1. The zero-order valence-electron chi connectivity index (χ0n) is 10.6. The number of nitrogen functional groups attached to an aromatic ring is 1. The smallest absolute Gasteiger partial charge is 0.239 e. The lowest BCUT2D eigenvalue weighted by molar-refractivity contribution is 1.11. The Morgan fingerprint density at radius 1 is 1.10 bits per heavy atom. The highest BCUT2D eigenvalue weighted by atomic mass is 79.9. The Bertz CT molecular complexity index is 808. The molecule has 0 bridgehead atoms. The number of fused-ring (bicyclic) bond motifs is 1. The standard InChI is InChI=1S/C13H10Br2N6/c14-8-4-7-2-1-3-10(11(7)17-5-8)19-12-9(15)6-18-13(20-12)21-16/h1-6H,16H2,(H2,18,19,20,21). The van der Waals surface area contributed by atoms with E-state index in [-0.39, 0.29) is 0 Å². The van der Waals surface area contributed by atoms with Crippen LogP contribution in [0.2, 0.25) is 0 Å². The Kier molecular flexibility index (Phi) is 4.00. The molecule has 3 aromatic rings. The summed E-state index contributed by atoms with van der Waals surface area (Å²) in [5.74, 6) is 6.27. The number of benzene rings is 1. The molecular weight excluding hydrogens is 400 g/mol. The first-order chi connectivity index (χ1) is 10.2. The molecule has 8 heteroatoms. The molecular formula is C13H10Br2N6. The summed E-state index contributed by atoms with van der Waals surface area (Å²) in [5.41, 5.74) is 4.12. The Morgan fingerprint density at radius 3 is 2.76 bits per heavy atom. The number of para-hydroxylation sites is 1. The third-order valence-electron chi connectivity index (χ3n) is 2.80. The molecule has 0 radical (unpaired) electrons. The minimum Gasteiger partial charge on any atom is -0.337 e. The fourth-order valence-electron chi connectivity index (χ4n) is 1.89. The number of hydrazine groups is 1. The van der Waals surface area contributed by atoms with E-state index in [1.807, 2.05) is 24.3 Å². The highest BCUT2D eigenvalue weighted by molar-refractivity contribution is 9.10. The molecule has 0 saturated carbocycles. The maximum atomic E-state index is 5.33. The highest BCUT2D eigenvalue weighted by Gasteiger charge is 2.08. The second-order valence-corrected chi connectivity index (χ2v) is 5.96. The molecule has 0 saturated heterocycles. The van der Waals surface area contributed by atoms with Gasteiger partial charge in [0, 0.05) is 22.3 Å². The van der Waals surface area contributed by atoms with E-state index in [9.17, 15) is 0 Å². The zero-order valence-corrected chi connectivity index (χ0v) is 13.8. The number of nitrogens with zero attached hydrogens (tertiary/aromatic N) is 3. The van der Waals surface area contributed by atoms with E-state index in [4.69, 9.17) is 5.84 Å². The summed E-state index contributed by atoms with van der Waals surface area (Å²) in [7, 11) is 0. The van der Waals surface area contributed by atoms with Crippen molar-refractivity contribution in [1.82, 2.24) is 15.0 Å². The van der Waals surface area contributed by atoms with E-state index in [2.05, 4.69) is 57.6 Å². The first-order valence-corrected chi connectivity index (χ1v) is 7.56. The summed E-state index contributed by atoms with van der Waals surface area (Å²) in [4.78, 5) is 12.7. The number of hydrogen-bond acceptors (Lipinski definition) is 6. The van der Waals surface area contributed by atoms with Gasteiger partial charge in [-0.05, 0) is 44.0 Å².